The van der Waals surface area contributed by atoms with Gasteiger partial charge in [0.25, 0.3) is 0 Å². The van der Waals surface area contributed by atoms with Gasteiger partial charge in [-0.3, -0.25) is 4.98 Å². The van der Waals surface area contributed by atoms with Gasteiger partial charge in [0.2, 0.25) is 11.9 Å². The van der Waals surface area contributed by atoms with E-state index < -0.39 is 23.5 Å². The third-order valence-corrected chi connectivity index (χ3v) is 7.24. The number of nitrogens with zero attached hydrogens (tertiary/aromatic N) is 6. The average molecular weight is 551 g/mol. The first-order valence-electron chi connectivity index (χ1n) is 12.7. The van der Waals surface area contributed by atoms with Crippen LogP contribution in [0.2, 0.25) is 5.02 Å². The van der Waals surface area contributed by atoms with Crippen molar-refractivity contribution < 1.29 is 8.78 Å². The fraction of sp³-hybridized carbons (Fsp3) is 0.393. The second kappa shape index (κ2) is 9.72. The first-order valence-corrected chi connectivity index (χ1v) is 13.1. The molecule has 0 unspecified atom stereocenters. The molecule has 0 saturated heterocycles. The molecule has 1 fully saturated rings. The molecule has 1 aliphatic rings. The topological polar surface area (TPSA) is 104 Å². The number of benzene rings is 1. The Morgan fingerprint density at radius 1 is 1.23 bits per heavy atom. The molecule has 3 heterocycles. The van der Waals surface area contributed by atoms with Gasteiger partial charge in [0.1, 0.15) is 17.8 Å². The number of fused-ring (bicyclic) bond motifs is 1. The van der Waals surface area contributed by atoms with Gasteiger partial charge in [-0.25, -0.2) is 9.67 Å². The zero-order chi connectivity index (χ0) is 28.1. The summed E-state index contributed by atoms with van der Waals surface area (Å²) >= 11 is 6.67. The van der Waals surface area contributed by atoms with Crippen molar-refractivity contribution in [1.29, 1.82) is 5.26 Å². The minimum absolute atomic E-state index is 0.0538. The summed E-state index contributed by atoms with van der Waals surface area (Å²) in [5, 5.41) is 25.8. The highest BCUT2D eigenvalue weighted by atomic mass is 35.5. The lowest BCUT2D eigenvalue weighted by atomic mass is 9.96. The normalized spacial score (nSPS) is 15.2. The van der Waals surface area contributed by atoms with Crippen molar-refractivity contribution in [2.75, 3.05) is 17.2 Å². The second-order valence-corrected chi connectivity index (χ2v) is 11.9. The number of anilines is 2. The lowest BCUT2D eigenvalue weighted by Crippen LogP contribution is -2.20. The van der Waals surface area contributed by atoms with Crippen LogP contribution in [-0.2, 0) is 5.54 Å². The maximum Gasteiger partial charge on any atom is 0.237 e. The highest BCUT2D eigenvalue weighted by Gasteiger charge is 2.44. The monoisotopic (exact) mass is 550 g/mol. The number of nitrogens with one attached hydrogen (secondary N) is 2. The molecule has 39 heavy (non-hydrogen) atoms. The maximum absolute atomic E-state index is 15.7. The first-order chi connectivity index (χ1) is 18.4. The number of rotatable bonds is 7. The molecule has 4 aromatic rings. The van der Waals surface area contributed by atoms with Crippen LogP contribution in [0.1, 0.15) is 69.1 Å². The summed E-state index contributed by atoms with van der Waals surface area (Å²) in [5.74, 6) is -1.20. The van der Waals surface area contributed by atoms with Crippen molar-refractivity contribution >= 4 is 33.9 Å². The summed E-state index contributed by atoms with van der Waals surface area (Å²) < 4.78 is 31.0. The van der Waals surface area contributed by atoms with Gasteiger partial charge in [0, 0.05) is 35.1 Å². The molecule has 0 spiro atoms. The van der Waals surface area contributed by atoms with Gasteiger partial charge < -0.3 is 10.6 Å². The molecule has 2 N–H and O–H groups in total. The lowest BCUT2D eigenvalue weighted by Gasteiger charge is -2.23. The molecular weight excluding hydrogens is 522 g/mol. The number of nitriles is 1. The van der Waals surface area contributed by atoms with Crippen LogP contribution in [0.3, 0.4) is 0 Å². The van der Waals surface area contributed by atoms with Gasteiger partial charge in [-0.05, 0) is 50.3 Å². The van der Waals surface area contributed by atoms with Crippen LogP contribution < -0.4 is 10.6 Å². The van der Waals surface area contributed by atoms with E-state index in [1.807, 2.05) is 13.0 Å². The highest BCUT2D eigenvalue weighted by molar-refractivity contribution is 6.35. The van der Waals surface area contributed by atoms with Crippen LogP contribution in [0.25, 0.3) is 10.9 Å². The number of aryl methyl sites for hydroxylation is 1. The molecule has 202 valence electrons. The Kier molecular flexibility index (Phi) is 6.67. The minimum Gasteiger partial charge on any atom is -0.383 e. The Balaban J connectivity index is 1.63. The third-order valence-electron chi connectivity index (χ3n) is 6.95. The smallest absolute Gasteiger partial charge is 0.237 e. The molecule has 1 aliphatic carbocycles. The Labute approximate surface area is 230 Å². The van der Waals surface area contributed by atoms with E-state index in [0.29, 0.717) is 50.7 Å². The summed E-state index contributed by atoms with van der Waals surface area (Å²) in [7, 11) is 0. The molecule has 0 bridgehead atoms. The molecule has 1 aromatic carbocycles. The number of hydrogen-bond donors (Lipinski definition) is 2. The second-order valence-electron chi connectivity index (χ2n) is 11.5. The summed E-state index contributed by atoms with van der Waals surface area (Å²) in [6, 6.07) is 7.62. The molecular formula is C28H29ClF2N8. The zero-order valence-electron chi connectivity index (χ0n) is 22.4. The van der Waals surface area contributed by atoms with Gasteiger partial charge in [-0.1, -0.05) is 43.7 Å². The van der Waals surface area contributed by atoms with E-state index in [2.05, 4.69) is 57.8 Å². The summed E-state index contributed by atoms with van der Waals surface area (Å²) in [6.45, 7) is 10.4. The number of halogens is 3. The van der Waals surface area contributed by atoms with Crippen LogP contribution in [0.15, 0.2) is 30.5 Å². The fourth-order valence-corrected chi connectivity index (χ4v) is 4.74. The number of aromatic nitrogens is 5. The van der Waals surface area contributed by atoms with Crippen LogP contribution in [0, 0.1) is 35.6 Å². The van der Waals surface area contributed by atoms with E-state index >= 15 is 4.39 Å². The van der Waals surface area contributed by atoms with Crippen molar-refractivity contribution in [2.24, 2.45) is 5.41 Å². The third kappa shape index (κ3) is 5.23. The zero-order valence-corrected chi connectivity index (χ0v) is 23.2. The van der Waals surface area contributed by atoms with Gasteiger partial charge in [-0.2, -0.15) is 14.0 Å². The summed E-state index contributed by atoms with van der Waals surface area (Å²) in [5.41, 5.74) is 2.56. The predicted octanol–water partition coefficient (Wildman–Crippen LogP) is 6.50. The highest BCUT2D eigenvalue weighted by Crippen LogP contribution is 2.44. The molecule has 0 aliphatic heterocycles. The molecule has 5 rings (SSSR count). The summed E-state index contributed by atoms with van der Waals surface area (Å²) in [6.07, 6.45) is 3.11. The largest absolute Gasteiger partial charge is 0.383 e. The van der Waals surface area contributed by atoms with Crippen molar-refractivity contribution in [2.45, 2.75) is 59.0 Å². The molecule has 11 heteroatoms. The average Bonchev–Trinajstić information content (AvgIpc) is 3.49. The van der Waals surface area contributed by atoms with Crippen LogP contribution >= 0.6 is 11.6 Å². The van der Waals surface area contributed by atoms with E-state index in [9.17, 15) is 9.65 Å². The van der Waals surface area contributed by atoms with Crippen LogP contribution in [0.4, 0.5) is 20.2 Å². The van der Waals surface area contributed by atoms with Crippen molar-refractivity contribution in [3.8, 4) is 6.07 Å². The van der Waals surface area contributed by atoms with Gasteiger partial charge in [0.15, 0.2) is 0 Å². The molecule has 1 atom stereocenters. The Morgan fingerprint density at radius 3 is 2.62 bits per heavy atom. The predicted molar refractivity (Wildman–Crippen MR) is 147 cm³/mol. The quantitative estimate of drug-likeness (QED) is 0.253. The Bertz CT molecular complexity index is 1610. The van der Waals surface area contributed by atoms with Gasteiger partial charge >= 0.3 is 0 Å². The lowest BCUT2D eigenvalue weighted by molar-refractivity contribution is 0.371. The van der Waals surface area contributed by atoms with Crippen LogP contribution in [0.5, 0.6) is 0 Å². The van der Waals surface area contributed by atoms with E-state index in [4.69, 9.17) is 11.6 Å². The fourth-order valence-electron chi connectivity index (χ4n) is 4.47. The summed E-state index contributed by atoms with van der Waals surface area (Å²) in [4.78, 5) is 8.35. The molecule has 0 radical (unpaired) electrons. The standard InChI is InChI=1S/C28H29ClF2N8/c1-15-18(6-7-21(30)35-15)24(25-26(31)39(38-37-25)28(5)8-9-28)36-17-10-19-22(34-14-27(2,3)4)16(12-32)13-33-23(19)20(29)11-17/h6-7,10-11,13,24,36H,8-9,14H2,1-5H3,(H,33,34)/t24-/m0/s1. The van der Waals surface area contributed by atoms with Gasteiger partial charge in [0.05, 0.1) is 27.3 Å². The molecule has 3 aromatic heterocycles. The molecule has 0 amide bonds. The maximum atomic E-state index is 15.7. The minimum atomic E-state index is -0.846. The first kappa shape index (κ1) is 26.8. The van der Waals surface area contributed by atoms with E-state index in [0.717, 1.165) is 12.8 Å². The Hall–Kier alpha value is -3.84. The van der Waals surface area contributed by atoms with Gasteiger partial charge in [-0.15, -0.1) is 5.10 Å². The van der Waals surface area contributed by atoms with E-state index in [1.54, 1.807) is 19.1 Å². The van der Waals surface area contributed by atoms with Crippen molar-refractivity contribution in [3.05, 3.63) is 69.9 Å². The molecule has 1 saturated carbocycles. The van der Waals surface area contributed by atoms with Crippen molar-refractivity contribution in [3.63, 3.8) is 0 Å². The van der Waals surface area contributed by atoms with E-state index in [1.165, 1.54) is 16.9 Å². The SMILES string of the molecule is Cc1nc(F)ccc1[C@H](Nc1cc(Cl)c2ncc(C#N)c(NCC(C)(C)C)c2c1)c1nnn(C2(C)CC2)c1F. The van der Waals surface area contributed by atoms with Crippen molar-refractivity contribution in [1.82, 2.24) is 25.0 Å². The van der Waals surface area contributed by atoms with Crippen LogP contribution in [-0.4, -0.2) is 31.5 Å². The molecule has 8 nitrogen and oxygen atoms in total. The number of hydrogen-bond acceptors (Lipinski definition) is 7. The van der Waals surface area contributed by atoms with E-state index in [-0.39, 0.29) is 11.1 Å². The number of pyridine rings is 2. The Morgan fingerprint density at radius 2 is 1.97 bits per heavy atom.